The zero-order valence-corrected chi connectivity index (χ0v) is 15.7. The van der Waals surface area contributed by atoms with Crippen molar-refractivity contribution >= 4 is 29.3 Å². The molecule has 28 heavy (non-hydrogen) atoms. The summed E-state index contributed by atoms with van der Waals surface area (Å²) in [6.07, 6.45) is 1.93. The van der Waals surface area contributed by atoms with E-state index in [1.165, 1.54) is 34.1 Å². The van der Waals surface area contributed by atoms with E-state index in [1.807, 2.05) is 23.1 Å². The number of rotatable bonds is 5. The van der Waals surface area contributed by atoms with Crippen molar-refractivity contribution in [3.63, 3.8) is 0 Å². The molecule has 0 unspecified atom stereocenters. The summed E-state index contributed by atoms with van der Waals surface area (Å²) in [5, 5.41) is 21.1. The van der Waals surface area contributed by atoms with Gasteiger partial charge in [0.15, 0.2) is 0 Å². The number of para-hydroxylation sites is 1. The second-order valence-corrected chi connectivity index (χ2v) is 7.23. The van der Waals surface area contributed by atoms with Gasteiger partial charge in [0.1, 0.15) is 0 Å². The Morgan fingerprint density at radius 1 is 1.11 bits per heavy atom. The highest BCUT2D eigenvalue weighted by Crippen LogP contribution is 2.28. The molecule has 1 N–H and O–H groups in total. The van der Waals surface area contributed by atoms with Crippen molar-refractivity contribution in [2.24, 2.45) is 0 Å². The number of hydrogen-bond acceptors (Lipinski definition) is 6. The van der Waals surface area contributed by atoms with Gasteiger partial charge in [-0.1, -0.05) is 30.0 Å². The van der Waals surface area contributed by atoms with Crippen LogP contribution in [0.1, 0.15) is 22.3 Å². The van der Waals surface area contributed by atoms with Crippen molar-refractivity contribution in [3.05, 3.63) is 59.7 Å². The van der Waals surface area contributed by atoms with E-state index in [2.05, 4.69) is 21.6 Å². The minimum absolute atomic E-state index is 0.00734. The van der Waals surface area contributed by atoms with Crippen LogP contribution in [-0.2, 0) is 11.2 Å². The van der Waals surface area contributed by atoms with Gasteiger partial charge in [-0.15, -0.1) is 5.10 Å². The third-order valence-electron chi connectivity index (χ3n) is 4.54. The number of carbonyl (C=O) groups excluding carboxylic acids is 1. The first-order chi connectivity index (χ1) is 13.6. The van der Waals surface area contributed by atoms with E-state index in [0.29, 0.717) is 17.4 Å². The molecule has 0 bridgehead atoms. The van der Waals surface area contributed by atoms with E-state index < -0.39 is 5.97 Å². The lowest BCUT2D eigenvalue weighted by Crippen LogP contribution is -2.36. The average molecular weight is 395 g/mol. The molecule has 0 spiro atoms. The Labute approximate surface area is 165 Å². The monoisotopic (exact) mass is 395 g/mol. The maximum absolute atomic E-state index is 12.8. The second-order valence-electron chi connectivity index (χ2n) is 6.29. The number of amides is 1. The van der Waals surface area contributed by atoms with Gasteiger partial charge in [-0.05, 0) is 59.2 Å². The van der Waals surface area contributed by atoms with Crippen molar-refractivity contribution in [2.45, 2.75) is 18.0 Å². The van der Waals surface area contributed by atoms with Crippen LogP contribution in [0.5, 0.6) is 0 Å². The Kier molecular flexibility index (Phi) is 5.07. The highest BCUT2D eigenvalue weighted by Gasteiger charge is 2.23. The van der Waals surface area contributed by atoms with E-state index in [4.69, 9.17) is 5.11 Å². The predicted octanol–water partition coefficient (Wildman–Crippen LogP) is 2.43. The molecule has 0 saturated carbocycles. The number of aromatic nitrogens is 4. The first-order valence-corrected chi connectivity index (χ1v) is 9.75. The summed E-state index contributed by atoms with van der Waals surface area (Å²) >= 11 is 1.25. The van der Waals surface area contributed by atoms with E-state index in [1.54, 1.807) is 12.1 Å². The molecule has 8 nitrogen and oxygen atoms in total. The Bertz CT molecular complexity index is 1020. The molecule has 2 heterocycles. The fourth-order valence-electron chi connectivity index (χ4n) is 3.17. The third kappa shape index (κ3) is 3.61. The summed E-state index contributed by atoms with van der Waals surface area (Å²) in [6, 6.07) is 14.2. The molecule has 0 aliphatic carbocycles. The van der Waals surface area contributed by atoms with E-state index in [-0.39, 0.29) is 17.2 Å². The number of fused-ring (bicyclic) bond motifs is 1. The molecule has 2 aromatic carbocycles. The molecule has 0 atom stereocenters. The standard InChI is InChI=1S/C19H17N5O3S/c25-17(23-11-3-5-13-4-1-2-6-16(13)23)12-28-19-20-21-22-24(19)15-9-7-14(8-10-15)18(26)27/h1-2,4,6-10H,3,5,11-12H2,(H,26,27). The lowest BCUT2D eigenvalue weighted by atomic mass is 10.0. The molecule has 1 aromatic heterocycles. The Hall–Kier alpha value is -3.20. The Morgan fingerprint density at radius 3 is 2.68 bits per heavy atom. The maximum atomic E-state index is 12.8. The number of benzene rings is 2. The molecule has 142 valence electrons. The Morgan fingerprint density at radius 2 is 1.89 bits per heavy atom. The third-order valence-corrected chi connectivity index (χ3v) is 5.44. The van der Waals surface area contributed by atoms with Crippen molar-refractivity contribution < 1.29 is 14.7 Å². The SMILES string of the molecule is O=C(O)c1ccc(-n2nnnc2SCC(=O)N2CCCc3ccccc32)cc1. The van der Waals surface area contributed by atoms with Gasteiger partial charge in [0, 0.05) is 12.2 Å². The molecule has 0 saturated heterocycles. The summed E-state index contributed by atoms with van der Waals surface area (Å²) in [6.45, 7) is 0.706. The first kappa shape index (κ1) is 18.2. The fraction of sp³-hybridized carbons (Fsp3) is 0.211. The number of aromatic carboxylic acids is 1. The van der Waals surface area contributed by atoms with Gasteiger partial charge in [0.25, 0.3) is 0 Å². The maximum Gasteiger partial charge on any atom is 0.335 e. The van der Waals surface area contributed by atoms with Crippen LogP contribution in [0, 0.1) is 0 Å². The van der Waals surface area contributed by atoms with E-state index in [0.717, 1.165) is 18.5 Å². The van der Waals surface area contributed by atoms with Gasteiger partial charge in [0.2, 0.25) is 11.1 Å². The normalized spacial score (nSPS) is 13.2. The lowest BCUT2D eigenvalue weighted by Gasteiger charge is -2.29. The van der Waals surface area contributed by atoms with Gasteiger partial charge in [-0.2, -0.15) is 4.68 Å². The van der Waals surface area contributed by atoms with Crippen LogP contribution in [-0.4, -0.2) is 49.5 Å². The molecular weight excluding hydrogens is 378 g/mol. The summed E-state index contributed by atoms with van der Waals surface area (Å²) in [5.74, 6) is -0.778. The number of tetrazole rings is 1. The molecule has 4 rings (SSSR count). The molecule has 9 heteroatoms. The molecule has 1 aliphatic rings. The quantitative estimate of drug-likeness (QED) is 0.662. The van der Waals surface area contributed by atoms with Gasteiger partial charge in [-0.25, -0.2) is 4.79 Å². The Balaban J connectivity index is 1.47. The minimum Gasteiger partial charge on any atom is -0.478 e. The zero-order chi connectivity index (χ0) is 19.5. The van der Waals surface area contributed by atoms with Crippen LogP contribution >= 0.6 is 11.8 Å². The van der Waals surface area contributed by atoms with Crippen LogP contribution in [0.4, 0.5) is 5.69 Å². The van der Waals surface area contributed by atoms with E-state index >= 15 is 0 Å². The molecule has 1 aliphatic heterocycles. The number of carbonyl (C=O) groups is 2. The fourth-order valence-corrected chi connectivity index (χ4v) is 3.94. The number of carboxylic acids is 1. The van der Waals surface area contributed by atoms with Gasteiger partial charge < -0.3 is 10.0 Å². The molecule has 3 aromatic rings. The van der Waals surface area contributed by atoms with Crippen molar-refractivity contribution in [3.8, 4) is 5.69 Å². The van der Waals surface area contributed by atoms with Gasteiger partial charge >= 0.3 is 5.97 Å². The highest BCUT2D eigenvalue weighted by molar-refractivity contribution is 7.99. The first-order valence-electron chi connectivity index (χ1n) is 8.76. The summed E-state index contributed by atoms with van der Waals surface area (Å²) in [5.41, 5.74) is 2.98. The van der Waals surface area contributed by atoms with Gasteiger partial charge in [0.05, 0.1) is 17.0 Å². The molecule has 0 fully saturated rings. The molecule has 0 radical (unpaired) electrons. The number of hydrogen-bond donors (Lipinski definition) is 1. The lowest BCUT2D eigenvalue weighted by molar-refractivity contribution is -0.116. The zero-order valence-electron chi connectivity index (χ0n) is 14.9. The van der Waals surface area contributed by atoms with Crippen LogP contribution in [0.15, 0.2) is 53.7 Å². The average Bonchev–Trinajstić information content (AvgIpc) is 3.20. The van der Waals surface area contributed by atoms with Crippen LogP contribution < -0.4 is 4.90 Å². The number of thioether (sulfide) groups is 1. The van der Waals surface area contributed by atoms with E-state index in [9.17, 15) is 9.59 Å². The number of nitrogens with zero attached hydrogens (tertiary/aromatic N) is 5. The topological polar surface area (TPSA) is 101 Å². The van der Waals surface area contributed by atoms with Crippen LogP contribution in [0.25, 0.3) is 5.69 Å². The van der Waals surface area contributed by atoms with Crippen LogP contribution in [0.2, 0.25) is 0 Å². The van der Waals surface area contributed by atoms with Crippen molar-refractivity contribution in [1.29, 1.82) is 0 Å². The van der Waals surface area contributed by atoms with Crippen LogP contribution in [0.3, 0.4) is 0 Å². The largest absolute Gasteiger partial charge is 0.478 e. The summed E-state index contributed by atoms with van der Waals surface area (Å²) in [7, 11) is 0. The summed E-state index contributed by atoms with van der Waals surface area (Å²) < 4.78 is 1.49. The minimum atomic E-state index is -0.995. The van der Waals surface area contributed by atoms with Gasteiger partial charge in [-0.3, -0.25) is 4.79 Å². The van der Waals surface area contributed by atoms with Crippen molar-refractivity contribution in [2.75, 3.05) is 17.2 Å². The predicted molar refractivity (Wildman–Crippen MR) is 104 cm³/mol. The molecular formula is C19H17N5O3S. The highest BCUT2D eigenvalue weighted by atomic mass is 32.2. The number of aryl methyl sites for hydroxylation is 1. The smallest absolute Gasteiger partial charge is 0.335 e. The van der Waals surface area contributed by atoms with Crippen molar-refractivity contribution in [1.82, 2.24) is 20.2 Å². The summed E-state index contributed by atoms with van der Waals surface area (Å²) in [4.78, 5) is 25.6. The number of anilines is 1. The second kappa shape index (κ2) is 7.81. The molecule has 1 amide bonds. The number of carboxylic acid groups (broad SMARTS) is 1.